The van der Waals surface area contributed by atoms with Crippen LogP contribution in [0, 0.1) is 0 Å². The molecule has 33 heavy (non-hydrogen) atoms. The number of carbonyl (C=O) groups is 1. The second-order valence-corrected chi connectivity index (χ2v) is 7.88. The fourth-order valence-corrected chi connectivity index (χ4v) is 4.09. The molecular formula is C24H20N6O3. The van der Waals surface area contributed by atoms with Crippen molar-refractivity contribution >= 4 is 28.4 Å². The van der Waals surface area contributed by atoms with Gasteiger partial charge in [0, 0.05) is 30.7 Å². The lowest BCUT2D eigenvalue weighted by Gasteiger charge is -2.09. The number of amides is 1. The van der Waals surface area contributed by atoms with Crippen molar-refractivity contribution in [3.05, 3.63) is 78.0 Å². The van der Waals surface area contributed by atoms with Crippen molar-refractivity contribution in [1.82, 2.24) is 25.0 Å². The van der Waals surface area contributed by atoms with Gasteiger partial charge in [-0.05, 0) is 42.7 Å². The van der Waals surface area contributed by atoms with Crippen LogP contribution in [0.3, 0.4) is 0 Å². The summed E-state index contributed by atoms with van der Waals surface area (Å²) in [5.41, 5.74) is 4.50. The van der Waals surface area contributed by atoms with Crippen LogP contribution in [0.15, 0.2) is 65.6 Å². The van der Waals surface area contributed by atoms with Crippen molar-refractivity contribution < 1.29 is 14.1 Å². The average Bonchev–Trinajstić information content (AvgIpc) is 3.59. The molecule has 0 radical (unpaired) electrons. The smallest absolute Gasteiger partial charge is 0.332 e. The van der Waals surface area contributed by atoms with Gasteiger partial charge in [-0.25, -0.2) is 14.8 Å². The minimum atomic E-state index is -0.335. The second kappa shape index (κ2) is 8.03. The summed E-state index contributed by atoms with van der Waals surface area (Å²) >= 11 is 0. The number of fused-ring (bicyclic) bond motifs is 2. The monoisotopic (exact) mass is 440 g/mol. The van der Waals surface area contributed by atoms with Crippen LogP contribution >= 0.6 is 0 Å². The van der Waals surface area contributed by atoms with Gasteiger partial charge < -0.3 is 14.6 Å². The summed E-state index contributed by atoms with van der Waals surface area (Å²) in [7, 11) is 0. The van der Waals surface area contributed by atoms with Crippen LogP contribution in [-0.4, -0.2) is 25.7 Å². The van der Waals surface area contributed by atoms with Gasteiger partial charge in [-0.3, -0.25) is 9.88 Å². The van der Waals surface area contributed by atoms with Gasteiger partial charge in [0.25, 0.3) is 0 Å². The van der Waals surface area contributed by atoms with Crippen LogP contribution in [0.25, 0.3) is 16.5 Å². The van der Waals surface area contributed by atoms with Gasteiger partial charge in [0.2, 0.25) is 11.8 Å². The van der Waals surface area contributed by atoms with Gasteiger partial charge in [0.1, 0.15) is 17.8 Å². The van der Waals surface area contributed by atoms with Crippen LogP contribution < -0.4 is 15.4 Å². The quantitative estimate of drug-likeness (QED) is 0.476. The number of hydrogen-bond donors (Lipinski definition) is 2. The minimum Gasteiger partial charge on any atom is -0.439 e. The summed E-state index contributed by atoms with van der Waals surface area (Å²) in [6, 6.07) is 8.81. The predicted molar refractivity (Wildman–Crippen MR) is 122 cm³/mol. The number of benzene rings is 1. The molecular weight excluding hydrogens is 420 g/mol. The third-order valence-corrected chi connectivity index (χ3v) is 5.77. The van der Waals surface area contributed by atoms with E-state index in [1.165, 1.54) is 10.9 Å². The Balaban J connectivity index is 1.20. The highest BCUT2D eigenvalue weighted by atomic mass is 16.5. The summed E-state index contributed by atoms with van der Waals surface area (Å²) in [5, 5.41) is 11.0. The van der Waals surface area contributed by atoms with Crippen molar-refractivity contribution in [3.8, 4) is 11.6 Å². The SMILES string of the molecule is O=C(Nc1cc(C2=CC=CCC2)no1)n1ccc2cc(Oc3ncnc4c3CNC4)ccc21. The first kappa shape index (κ1) is 19.4. The number of nitrogens with one attached hydrogen (secondary N) is 2. The molecule has 1 aliphatic heterocycles. The number of nitrogens with zero attached hydrogens (tertiary/aromatic N) is 4. The van der Waals surface area contributed by atoms with Crippen molar-refractivity contribution in [1.29, 1.82) is 0 Å². The highest BCUT2D eigenvalue weighted by Crippen LogP contribution is 2.30. The zero-order valence-electron chi connectivity index (χ0n) is 17.6. The maximum Gasteiger partial charge on any atom is 0.332 e. The first-order valence-electron chi connectivity index (χ1n) is 10.7. The Morgan fingerprint density at radius 2 is 2.15 bits per heavy atom. The zero-order chi connectivity index (χ0) is 22.2. The Kier molecular flexibility index (Phi) is 4.73. The van der Waals surface area contributed by atoms with E-state index in [1.54, 1.807) is 12.3 Å². The van der Waals surface area contributed by atoms with Gasteiger partial charge in [0.05, 0.1) is 16.8 Å². The molecule has 164 valence electrons. The van der Waals surface area contributed by atoms with Gasteiger partial charge in [-0.2, -0.15) is 0 Å². The largest absolute Gasteiger partial charge is 0.439 e. The molecule has 0 saturated heterocycles. The van der Waals surface area contributed by atoms with Crippen LogP contribution in [-0.2, 0) is 13.1 Å². The van der Waals surface area contributed by atoms with Crippen molar-refractivity contribution in [2.75, 3.05) is 5.32 Å². The van der Waals surface area contributed by atoms with Crippen molar-refractivity contribution in [2.24, 2.45) is 0 Å². The molecule has 0 unspecified atom stereocenters. The molecule has 9 nitrogen and oxygen atoms in total. The Morgan fingerprint density at radius 1 is 1.18 bits per heavy atom. The maximum atomic E-state index is 12.9. The molecule has 3 aromatic heterocycles. The molecule has 1 aromatic carbocycles. The molecule has 1 aliphatic carbocycles. The Hall–Kier alpha value is -4.24. The van der Waals surface area contributed by atoms with E-state index in [2.05, 4.69) is 31.8 Å². The van der Waals surface area contributed by atoms with Crippen molar-refractivity contribution in [3.63, 3.8) is 0 Å². The number of carbonyl (C=O) groups excluding carboxylic acids is 1. The Bertz CT molecular complexity index is 1430. The molecule has 0 bridgehead atoms. The zero-order valence-corrected chi connectivity index (χ0v) is 17.6. The minimum absolute atomic E-state index is 0.304. The Labute approximate surface area is 188 Å². The number of allylic oxidation sites excluding steroid dienone is 4. The molecule has 0 saturated carbocycles. The molecule has 2 N–H and O–H groups in total. The third-order valence-electron chi connectivity index (χ3n) is 5.77. The third kappa shape index (κ3) is 3.68. The number of aromatic nitrogens is 4. The highest BCUT2D eigenvalue weighted by molar-refractivity contribution is 5.98. The van der Waals surface area contributed by atoms with E-state index in [0.29, 0.717) is 30.6 Å². The topological polar surface area (TPSA) is 107 Å². The molecule has 0 fully saturated rings. The molecule has 4 heterocycles. The average molecular weight is 440 g/mol. The van der Waals surface area contributed by atoms with Crippen LogP contribution in [0.5, 0.6) is 11.6 Å². The lowest BCUT2D eigenvalue weighted by atomic mass is 10.0. The first-order valence-corrected chi connectivity index (χ1v) is 10.7. The Morgan fingerprint density at radius 3 is 3.06 bits per heavy atom. The van der Waals surface area contributed by atoms with Gasteiger partial charge in [0.15, 0.2) is 0 Å². The molecule has 2 aliphatic rings. The van der Waals surface area contributed by atoms with E-state index in [0.717, 1.165) is 46.3 Å². The normalized spacial score (nSPS) is 14.8. The van der Waals surface area contributed by atoms with Crippen LogP contribution in [0.4, 0.5) is 10.7 Å². The van der Waals surface area contributed by atoms with E-state index < -0.39 is 0 Å². The summed E-state index contributed by atoms with van der Waals surface area (Å²) in [4.78, 5) is 21.4. The summed E-state index contributed by atoms with van der Waals surface area (Å²) in [6.45, 7) is 1.40. The number of rotatable bonds is 4. The molecule has 0 atom stereocenters. The van der Waals surface area contributed by atoms with Crippen LogP contribution in [0.2, 0.25) is 0 Å². The van der Waals surface area contributed by atoms with Gasteiger partial charge in [-0.1, -0.05) is 23.4 Å². The molecule has 1 amide bonds. The predicted octanol–water partition coefficient (Wildman–Crippen LogP) is 4.63. The standard InChI is InChI=1S/C24H20N6O3/c31-24(28-22-11-19(29-33-22)15-4-2-1-3-5-15)30-9-8-16-10-17(6-7-21(16)30)32-23-18-12-25-13-20(18)26-14-27-23/h1-2,4,6-11,14,25H,3,5,12-13H2,(H,28,31). The van der Waals surface area contributed by atoms with E-state index in [9.17, 15) is 4.79 Å². The molecule has 6 rings (SSSR count). The van der Waals surface area contributed by atoms with E-state index >= 15 is 0 Å². The first-order chi connectivity index (χ1) is 16.2. The lowest BCUT2D eigenvalue weighted by Crippen LogP contribution is -2.17. The lowest BCUT2D eigenvalue weighted by molar-refractivity contribution is 0.253. The molecule has 4 aromatic rings. The number of ether oxygens (including phenoxy) is 1. The number of hydrogen-bond acceptors (Lipinski definition) is 7. The van der Waals surface area contributed by atoms with E-state index in [4.69, 9.17) is 9.26 Å². The fraction of sp³-hybridized carbons (Fsp3) is 0.167. The molecule has 0 spiro atoms. The summed E-state index contributed by atoms with van der Waals surface area (Å²) in [5.74, 6) is 1.49. The second-order valence-electron chi connectivity index (χ2n) is 7.88. The number of anilines is 1. The summed E-state index contributed by atoms with van der Waals surface area (Å²) in [6.07, 6.45) is 11.2. The highest BCUT2D eigenvalue weighted by Gasteiger charge is 2.19. The van der Waals surface area contributed by atoms with Gasteiger partial charge >= 0.3 is 6.03 Å². The van der Waals surface area contributed by atoms with E-state index in [-0.39, 0.29) is 6.03 Å². The van der Waals surface area contributed by atoms with Crippen LogP contribution in [0.1, 0.15) is 29.8 Å². The van der Waals surface area contributed by atoms with E-state index in [1.807, 2.05) is 36.4 Å². The van der Waals surface area contributed by atoms with Gasteiger partial charge in [-0.15, -0.1) is 0 Å². The summed E-state index contributed by atoms with van der Waals surface area (Å²) < 4.78 is 12.9. The molecule has 9 heteroatoms. The fourth-order valence-electron chi connectivity index (χ4n) is 4.09. The van der Waals surface area contributed by atoms with Crippen molar-refractivity contribution in [2.45, 2.75) is 25.9 Å². The maximum absolute atomic E-state index is 12.9.